The van der Waals surface area contributed by atoms with E-state index in [4.69, 9.17) is 35.6 Å². The molecule has 2 N–H and O–H groups in total. The Morgan fingerprint density at radius 1 is 0.688 bits per heavy atom. The summed E-state index contributed by atoms with van der Waals surface area (Å²) >= 11 is 5.50. The molecule has 6 rings (SSSR count). The first-order chi connectivity index (χ1) is 29.6. The van der Waals surface area contributed by atoms with Crippen molar-refractivity contribution >= 4 is 63.2 Å². The van der Waals surface area contributed by atoms with E-state index in [1.165, 1.54) is 9.68 Å². The van der Waals surface area contributed by atoms with Crippen LogP contribution in [0.25, 0.3) is 11.1 Å². The van der Waals surface area contributed by atoms with Gasteiger partial charge in [-0.3, -0.25) is 23.9 Å². The molecular weight excluding hydrogens is 919 g/mol. The summed E-state index contributed by atoms with van der Waals surface area (Å²) in [6, 6.07) is 39.8. The first-order valence-corrected chi connectivity index (χ1v) is 24.8. The number of ether oxygens (including phenoxy) is 2. The Morgan fingerprint density at radius 2 is 1.12 bits per heavy atom. The van der Waals surface area contributed by atoms with Crippen LogP contribution in [0.3, 0.4) is 0 Å². The average Bonchev–Trinajstić information content (AvgIpc) is 3.50. The van der Waals surface area contributed by atoms with Crippen LogP contribution in [0.1, 0.15) is 27.8 Å². The summed E-state index contributed by atoms with van der Waals surface area (Å²) in [7, 11) is -9.49. The second kappa shape index (κ2) is 25.0. The third kappa shape index (κ3) is 16.2. The molecule has 3 unspecified atom stereocenters. The molecule has 1 aliphatic rings. The minimum Gasteiger partial charge on any atom is -0.778 e. The quantitative estimate of drug-likeness (QED) is 0.0240. The number of carbonyl (C=O) groups excluding carboxylic acids is 2. The molecule has 64 heavy (non-hydrogen) atoms. The fourth-order valence-corrected chi connectivity index (χ4v) is 8.96. The van der Waals surface area contributed by atoms with Gasteiger partial charge in [0.2, 0.25) is 18.6 Å². The normalized spacial score (nSPS) is 14.7. The van der Waals surface area contributed by atoms with Crippen LogP contribution >= 0.6 is 22.3 Å². The Balaban J connectivity index is 0.00000449. The van der Waals surface area contributed by atoms with E-state index in [9.17, 15) is 28.5 Å². The second-order valence-electron chi connectivity index (χ2n) is 14.0. The Morgan fingerprint density at radius 3 is 1.59 bits per heavy atom. The maximum absolute atomic E-state index is 13.6. The molecule has 0 spiro atoms. The van der Waals surface area contributed by atoms with Crippen molar-refractivity contribution in [3.63, 3.8) is 0 Å². The van der Waals surface area contributed by atoms with E-state index >= 15 is 0 Å². The van der Waals surface area contributed by atoms with Crippen LogP contribution in [0.4, 0.5) is 0 Å². The molecule has 5 aromatic carbocycles. The van der Waals surface area contributed by atoms with Crippen LogP contribution in [0.2, 0.25) is 0 Å². The molecular formula is C43H42N4Na2O11P3S+. The Bertz CT molecular complexity index is 2430. The first kappa shape index (κ1) is 53.2. The third-order valence-electron chi connectivity index (χ3n) is 9.36. The molecule has 0 fully saturated rings. The minimum absolute atomic E-state index is 0. The fraction of sp³-hybridized carbons (Fsp3) is 0.186. The molecule has 1 heterocycles. The fourth-order valence-electron chi connectivity index (χ4n) is 6.37. The van der Waals surface area contributed by atoms with Gasteiger partial charge in [0, 0.05) is 13.1 Å². The third-order valence-corrected chi connectivity index (χ3v) is 12.8. The van der Waals surface area contributed by atoms with Crippen molar-refractivity contribution in [3.05, 3.63) is 161 Å². The standard InChI is InChI=1S/C43H43N4O11P3S.2Na/c1-45(59(62)58-39-22-14-32(15-23-39)24-26-46(29-60(50,51)52)30-61(53,54)55)44-28-34-16-20-38(21-17-34)57-31-56-37-18-12-33(13-19-37)25-27-47-42(48)40(35-8-4-2-5-9-35)41(43(47)49)36-10-6-3-7-11-36;;/h2-23,28H,24-27,29-31H2,1H3,(H3-,50,51,52,53,54,55);;/q;2*+1/p-1/b44-28+;;. The van der Waals surface area contributed by atoms with Gasteiger partial charge in [-0.2, -0.15) is 0 Å². The summed E-state index contributed by atoms with van der Waals surface area (Å²) in [6.45, 7) is 0.137. The molecule has 2 amide bonds. The first-order valence-electron chi connectivity index (χ1n) is 19.1. The Kier molecular flexibility index (Phi) is 20.8. The summed E-state index contributed by atoms with van der Waals surface area (Å²) in [6.07, 6.45) is 0.507. The maximum Gasteiger partial charge on any atom is 1.00 e. The SMILES string of the molecule is CN(/N=C/c1ccc(OCOc2ccc(CCN3C(=O)C(c4ccccc4)=C(c4ccccc4)C3=O)cc2)cc1)[P+](=S)Oc1ccc(CCN(CP(=O)([O-])O)CP(=O)([O-])O)cc1.[Na+].[Na+]. The van der Waals surface area contributed by atoms with Gasteiger partial charge in [0.05, 0.1) is 37.0 Å². The number of hydrogen-bond acceptors (Lipinski definition) is 12. The summed E-state index contributed by atoms with van der Waals surface area (Å²) in [5, 5.41) is 4.39. The average molecular weight is 962 g/mol. The Labute approximate surface area is 421 Å². The number of nitrogens with zero attached hydrogens (tertiary/aromatic N) is 4. The molecule has 0 saturated heterocycles. The van der Waals surface area contributed by atoms with E-state index in [0.717, 1.165) is 21.6 Å². The van der Waals surface area contributed by atoms with Crippen molar-refractivity contribution in [2.24, 2.45) is 5.10 Å². The molecule has 0 aromatic heterocycles. The summed E-state index contributed by atoms with van der Waals surface area (Å²) in [4.78, 5) is 70.3. The number of carbonyl (C=O) groups is 2. The second-order valence-corrected chi connectivity index (χ2v) is 19.3. The zero-order chi connectivity index (χ0) is 44.3. The number of amides is 2. The summed E-state index contributed by atoms with van der Waals surface area (Å²) in [5.41, 5.74) is 4.67. The summed E-state index contributed by atoms with van der Waals surface area (Å²) in [5.74, 6) is 1.01. The Hall–Kier alpha value is -3.37. The van der Waals surface area contributed by atoms with Gasteiger partial charge in [-0.25, -0.2) is 0 Å². The monoisotopic (exact) mass is 961 g/mol. The van der Waals surface area contributed by atoms with Crippen molar-refractivity contribution in [1.82, 2.24) is 14.6 Å². The van der Waals surface area contributed by atoms with Crippen molar-refractivity contribution in [2.45, 2.75) is 12.8 Å². The van der Waals surface area contributed by atoms with Crippen LogP contribution in [-0.2, 0) is 43.4 Å². The van der Waals surface area contributed by atoms with E-state index < -0.39 is 34.8 Å². The van der Waals surface area contributed by atoms with Crippen molar-refractivity contribution in [1.29, 1.82) is 0 Å². The zero-order valence-electron chi connectivity index (χ0n) is 35.3. The van der Waals surface area contributed by atoms with Crippen LogP contribution in [0.5, 0.6) is 17.2 Å². The van der Waals surface area contributed by atoms with Gasteiger partial charge in [-0.15, -0.1) is 5.10 Å². The van der Waals surface area contributed by atoms with E-state index in [1.807, 2.05) is 97.1 Å². The number of hydrogen-bond donors (Lipinski definition) is 2. The summed E-state index contributed by atoms with van der Waals surface area (Å²) < 4.78 is 41.5. The van der Waals surface area contributed by atoms with E-state index in [0.29, 0.717) is 45.9 Å². The zero-order valence-corrected chi connectivity index (χ0v) is 42.8. The molecule has 3 atom stereocenters. The molecule has 0 bridgehead atoms. The molecule has 5 aromatic rings. The van der Waals surface area contributed by atoms with Crippen LogP contribution < -0.4 is 82.9 Å². The van der Waals surface area contributed by atoms with Gasteiger partial charge in [0.1, 0.15) is 26.7 Å². The van der Waals surface area contributed by atoms with Gasteiger partial charge >= 0.3 is 66.2 Å². The van der Waals surface area contributed by atoms with E-state index in [2.05, 4.69) is 5.10 Å². The molecule has 322 valence electrons. The van der Waals surface area contributed by atoms with Crippen molar-refractivity contribution in [3.8, 4) is 17.2 Å². The topological polar surface area (TPSA) is 205 Å². The van der Waals surface area contributed by atoms with Crippen molar-refractivity contribution in [2.75, 3.05) is 39.5 Å². The predicted octanol–water partition coefficient (Wildman–Crippen LogP) is -0.398. The maximum atomic E-state index is 13.6. The van der Waals surface area contributed by atoms with Crippen molar-refractivity contribution < 1.29 is 111 Å². The van der Waals surface area contributed by atoms with Gasteiger partial charge in [-0.05, 0) is 89.2 Å². The van der Waals surface area contributed by atoms with Crippen LogP contribution in [0.15, 0.2) is 139 Å². The number of imide groups is 1. The van der Waals surface area contributed by atoms with E-state index in [1.54, 1.807) is 49.7 Å². The number of hydrazone groups is 1. The largest absolute Gasteiger partial charge is 1.00 e. The number of benzene rings is 5. The molecule has 0 radical (unpaired) electrons. The minimum atomic E-state index is -4.79. The van der Waals surface area contributed by atoms with Gasteiger partial charge < -0.3 is 38.2 Å². The molecule has 0 aliphatic carbocycles. The molecule has 0 saturated carbocycles. The van der Waals surface area contributed by atoms with Gasteiger partial charge in [0.25, 0.3) is 11.8 Å². The van der Waals surface area contributed by atoms with Crippen LogP contribution in [-0.4, -0.2) is 81.9 Å². The smallest absolute Gasteiger partial charge is 0.778 e. The molecule has 15 nitrogen and oxygen atoms in total. The van der Waals surface area contributed by atoms with E-state index in [-0.39, 0.29) is 97.2 Å². The molecule has 1 aliphatic heterocycles. The van der Waals surface area contributed by atoms with Gasteiger partial charge in [0.15, 0.2) is 5.75 Å². The number of rotatable bonds is 21. The molecule has 21 heteroatoms. The van der Waals surface area contributed by atoms with Crippen LogP contribution in [0, 0.1) is 0 Å². The predicted molar refractivity (Wildman–Crippen MR) is 236 cm³/mol. The van der Waals surface area contributed by atoms with Gasteiger partial charge in [-0.1, -0.05) is 89.7 Å².